The van der Waals surface area contributed by atoms with Gasteiger partial charge in [0.15, 0.2) is 0 Å². The molecule has 0 aromatic heterocycles. The molecule has 1 unspecified atom stereocenters. The molecule has 1 amide bonds. The average Bonchev–Trinajstić information content (AvgIpc) is 2.77. The summed E-state index contributed by atoms with van der Waals surface area (Å²) in [5.74, 6) is -2.30. The van der Waals surface area contributed by atoms with E-state index in [-0.39, 0.29) is 12.1 Å². The number of rotatable bonds is 4. The molecule has 160 valence electrons. The van der Waals surface area contributed by atoms with Crippen LogP contribution < -0.4 is 9.08 Å². The largest absolute Gasteiger partial charge is 0.534 e. The first kappa shape index (κ1) is 21.6. The Morgan fingerprint density at radius 2 is 1.80 bits per heavy atom. The van der Waals surface area contributed by atoms with Crippen molar-refractivity contribution in [3.8, 4) is 5.75 Å². The average molecular weight is 443 g/mol. The zero-order valence-electron chi connectivity index (χ0n) is 15.8. The topological polar surface area (TPSA) is 90.0 Å². The number of amides is 1. The van der Waals surface area contributed by atoms with Crippen LogP contribution in [0.15, 0.2) is 42.5 Å². The fourth-order valence-electron chi connectivity index (χ4n) is 3.26. The second-order valence-corrected chi connectivity index (χ2v) is 8.03. The van der Waals surface area contributed by atoms with Gasteiger partial charge in [-0.3, -0.25) is 9.59 Å². The summed E-state index contributed by atoms with van der Waals surface area (Å²) in [7, 11) is -3.29. The Morgan fingerprint density at radius 1 is 1.13 bits per heavy atom. The van der Waals surface area contributed by atoms with Gasteiger partial charge in [0.05, 0.1) is 19.2 Å². The fourth-order valence-corrected chi connectivity index (χ4v) is 3.71. The van der Waals surface area contributed by atoms with Gasteiger partial charge in [-0.15, -0.1) is 0 Å². The summed E-state index contributed by atoms with van der Waals surface area (Å²) >= 11 is 0. The van der Waals surface area contributed by atoms with Crippen LogP contribution in [-0.4, -0.2) is 40.0 Å². The zero-order chi connectivity index (χ0) is 22.3. The lowest BCUT2D eigenvalue weighted by Crippen LogP contribution is -2.28. The number of anilines is 1. The third kappa shape index (κ3) is 3.84. The maximum atomic E-state index is 12.9. The third-order valence-corrected chi connectivity index (χ3v) is 5.68. The summed E-state index contributed by atoms with van der Waals surface area (Å²) in [4.78, 5) is 26.1. The summed E-state index contributed by atoms with van der Waals surface area (Å²) in [6.07, 6.45) is -0.136. The molecule has 1 atom stereocenters. The minimum Gasteiger partial charge on any atom is -0.469 e. The second-order valence-electron chi connectivity index (χ2n) is 6.49. The Balaban J connectivity index is 2.16. The zero-order valence-corrected chi connectivity index (χ0v) is 16.6. The highest BCUT2D eigenvalue weighted by molar-refractivity contribution is 7.88. The summed E-state index contributed by atoms with van der Waals surface area (Å²) in [6, 6.07) is 9.95. The Kier molecular flexibility index (Phi) is 5.50. The number of methoxy groups -OCH3 is 1. The van der Waals surface area contributed by atoms with Crippen LogP contribution in [0.3, 0.4) is 0 Å². The van der Waals surface area contributed by atoms with Gasteiger partial charge in [0, 0.05) is 24.6 Å². The molecule has 3 rings (SSSR count). The van der Waals surface area contributed by atoms with Gasteiger partial charge in [-0.1, -0.05) is 24.3 Å². The summed E-state index contributed by atoms with van der Waals surface area (Å²) in [6.45, 7) is 0. The number of hydrogen-bond acceptors (Lipinski definition) is 6. The normalized spacial score (nSPS) is 16.4. The van der Waals surface area contributed by atoms with E-state index >= 15 is 0 Å². The minimum absolute atomic E-state index is 0.111. The first-order chi connectivity index (χ1) is 14.0. The molecule has 0 saturated carbocycles. The lowest BCUT2D eigenvalue weighted by Gasteiger charge is -2.21. The number of alkyl halides is 3. The SMILES string of the molecule is COC(=O)CC1c2ccccc2C(=O)N(C)c2cc(OS(=O)(=O)C(F)(F)F)ccc21. The lowest BCUT2D eigenvalue weighted by atomic mass is 9.86. The van der Waals surface area contributed by atoms with Crippen molar-refractivity contribution in [3.63, 3.8) is 0 Å². The molecule has 0 spiro atoms. The molecule has 1 aliphatic rings. The monoisotopic (exact) mass is 443 g/mol. The Hall–Kier alpha value is -3.08. The van der Waals surface area contributed by atoms with Crippen molar-refractivity contribution in [2.45, 2.75) is 17.8 Å². The maximum absolute atomic E-state index is 12.9. The van der Waals surface area contributed by atoms with Gasteiger partial charge in [0.1, 0.15) is 5.75 Å². The Morgan fingerprint density at radius 3 is 2.43 bits per heavy atom. The van der Waals surface area contributed by atoms with Crippen molar-refractivity contribution in [1.29, 1.82) is 0 Å². The Labute approximate surface area is 170 Å². The molecular formula is C19H16F3NO6S. The summed E-state index contributed by atoms with van der Waals surface area (Å²) < 4.78 is 69.6. The van der Waals surface area contributed by atoms with Gasteiger partial charge in [-0.2, -0.15) is 21.6 Å². The van der Waals surface area contributed by atoms with E-state index < -0.39 is 39.2 Å². The first-order valence-electron chi connectivity index (χ1n) is 8.54. The smallest absolute Gasteiger partial charge is 0.469 e. The second kappa shape index (κ2) is 7.63. The predicted molar refractivity (Wildman–Crippen MR) is 99.7 cm³/mol. The number of fused-ring (bicyclic) bond motifs is 2. The lowest BCUT2D eigenvalue weighted by molar-refractivity contribution is -0.140. The standard InChI is InChI=1S/C19H16F3NO6S/c1-23-16-9-11(29-30(26,27)19(20,21)22)7-8-13(16)15(10-17(24)28-2)12-5-3-4-6-14(12)18(23)25/h3-9,15H,10H2,1-2H3. The van der Waals surface area contributed by atoms with Gasteiger partial charge < -0.3 is 13.8 Å². The van der Waals surface area contributed by atoms with Crippen molar-refractivity contribution >= 4 is 27.7 Å². The fraction of sp³-hybridized carbons (Fsp3) is 0.263. The van der Waals surface area contributed by atoms with Crippen LogP contribution in [-0.2, 0) is 19.6 Å². The van der Waals surface area contributed by atoms with E-state index in [0.29, 0.717) is 16.7 Å². The van der Waals surface area contributed by atoms with E-state index in [1.165, 1.54) is 25.1 Å². The van der Waals surface area contributed by atoms with E-state index in [9.17, 15) is 31.2 Å². The van der Waals surface area contributed by atoms with Gasteiger partial charge in [-0.05, 0) is 23.3 Å². The number of esters is 1. The molecule has 1 aliphatic heterocycles. The number of hydrogen-bond donors (Lipinski definition) is 0. The van der Waals surface area contributed by atoms with Crippen LogP contribution in [0.2, 0.25) is 0 Å². The molecule has 0 N–H and O–H groups in total. The van der Waals surface area contributed by atoms with Crippen LogP contribution in [0.25, 0.3) is 0 Å². The molecule has 0 radical (unpaired) electrons. The third-order valence-electron chi connectivity index (χ3n) is 4.70. The summed E-state index contributed by atoms with van der Waals surface area (Å²) in [5, 5.41) is 0. The van der Waals surface area contributed by atoms with Crippen molar-refractivity contribution in [3.05, 3.63) is 59.2 Å². The van der Waals surface area contributed by atoms with Crippen LogP contribution in [0.4, 0.5) is 18.9 Å². The van der Waals surface area contributed by atoms with Crippen LogP contribution in [0.5, 0.6) is 5.75 Å². The van der Waals surface area contributed by atoms with E-state index in [4.69, 9.17) is 4.74 Å². The van der Waals surface area contributed by atoms with Gasteiger partial charge in [0.25, 0.3) is 5.91 Å². The van der Waals surface area contributed by atoms with E-state index in [1.807, 2.05) is 0 Å². The number of halogens is 3. The molecule has 0 bridgehead atoms. The van der Waals surface area contributed by atoms with Gasteiger partial charge >= 0.3 is 21.6 Å². The Bertz CT molecular complexity index is 1110. The molecule has 0 saturated heterocycles. The highest BCUT2D eigenvalue weighted by Crippen LogP contribution is 2.42. The first-order valence-corrected chi connectivity index (χ1v) is 9.95. The van der Waals surface area contributed by atoms with Crippen LogP contribution >= 0.6 is 0 Å². The minimum atomic E-state index is -5.89. The predicted octanol–water partition coefficient (Wildman–Crippen LogP) is 3.20. The van der Waals surface area contributed by atoms with Crippen LogP contribution in [0, 0.1) is 0 Å². The van der Waals surface area contributed by atoms with Crippen LogP contribution in [0.1, 0.15) is 33.8 Å². The number of nitrogens with zero attached hydrogens (tertiary/aromatic N) is 1. The molecule has 2 aromatic rings. The summed E-state index contributed by atoms with van der Waals surface area (Å²) in [5.41, 5.74) is -4.23. The van der Waals surface area contributed by atoms with E-state index in [1.54, 1.807) is 24.3 Å². The van der Waals surface area contributed by atoms with E-state index in [0.717, 1.165) is 12.1 Å². The molecule has 30 heavy (non-hydrogen) atoms. The van der Waals surface area contributed by atoms with Crippen molar-refractivity contribution in [2.75, 3.05) is 19.1 Å². The van der Waals surface area contributed by atoms with Gasteiger partial charge in [0.2, 0.25) is 0 Å². The molecule has 0 fully saturated rings. The number of carbonyl (C=O) groups is 2. The van der Waals surface area contributed by atoms with Crippen molar-refractivity contribution < 1.29 is 40.1 Å². The number of carbonyl (C=O) groups excluding carboxylic acids is 2. The molecule has 0 aliphatic carbocycles. The quantitative estimate of drug-likeness (QED) is 0.410. The number of benzene rings is 2. The molecule has 7 nitrogen and oxygen atoms in total. The molecule has 1 heterocycles. The van der Waals surface area contributed by atoms with Crippen molar-refractivity contribution in [2.24, 2.45) is 0 Å². The number of ether oxygens (including phenoxy) is 1. The molecule has 2 aromatic carbocycles. The van der Waals surface area contributed by atoms with Gasteiger partial charge in [-0.25, -0.2) is 0 Å². The highest BCUT2D eigenvalue weighted by atomic mass is 32.2. The van der Waals surface area contributed by atoms with E-state index in [2.05, 4.69) is 4.18 Å². The molecular weight excluding hydrogens is 427 g/mol. The maximum Gasteiger partial charge on any atom is 0.534 e. The molecule has 11 heteroatoms. The van der Waals surface area contributed by atoms with Crippen molar-refractivity contribution in [1.82, 2.24) is 0 Å². The highest BCUT2D eigenvalue weighted by Gasteiger charge is 2.48.